The Kier molecular flexibility index (Phi) is 4.39. The predicted octanol–water partition coefficient (Wildman–Crippen LogP) is 3.66. The number of nitrogens with zero attached hydrogens (tertiary/aromatic N) is 3. The maximum absolute atomic E-state index is 12.4. The summed E-state index contributed by atoms with van der Waals surface area (Å²) < 4.78 is 11.0. The van der Waals surface area contributed by atoms with Crippen molar-refractivity contribution in [1.29, 1.82) is 0 Å². The molecule has 1 aliphatic rings. The SMILES string of the molecule is CCOc1cccc(-c2noc(C3CC(=O)N(c4ccccc4)C3)n2)c1. The van der Waals surface area contributed by atoms with Gasteiger partial charge in [0.25, 0.3) is 0 Å². The topological polar surface area (TPSA) is 68.5 Å². The molecule has 0 saturated carbocycles. The quantitative estimate of drug-likeness (QED) is 0.703. The van der Waals surface area contributed by atoms with Crippen molar-refractivity contribution in [2.45, 2.75) is 19.3 Å². The number of hydrogen-bond donors (Lipinski definition) is 0. The van der Waals surface area contributed by atoms with E-state index in [1.54, 1.807) is 4.90 Å². The number of amides is 1. The number of carbonyl (C=O) groups excluding carboxylic acids is 1. The second-order valence-electron chi connectivity index (χ2n) is 6.16. The summed E-state index contributed by atoms with van der Waals surface area (Å²) in [6.45, 7) is 3.08. The first-order chi connectivity index (χ1) is 12.7. The highest BCUT2D eigenvalue weighted by Crippen LogP contribution is 2.32. The molecule has 26 heavy (non-hydrogen) atoms. The molecule has 1 unspecified atom stereocenters. The van der Waals surface area contributed by atoms with E-state index in [1.165, 1.54) is 0 Å². The fourth-order valence-electron chi connectivity index (χ4n) is 3.14. The van der Waals surface area contributed by atoms with E-state index in [-0.39, 0.29) is 11.8 Å². The van der Waals surface area contributed by atoms with Gasteiger partial charge in [-0.25, -0.2) is 0 Å². The number of benzene rings is 2. The van der Waals surface area contributed by atoms with Gasteiger partial charge in [0.1, 0.15) is 5.75 Å². The first-order valence-corrected chi connectivity index (χ1v) is 8.67. The van der Waals surface area contributed by atoms with Crippen molar-refractivity contribution < 1.29 is 14.1 Å². The van der Waals surface area contributed by atoms with Crippen LogP contribution in [0.25, 0.3) is 11.4 Å². The van der Waals surface area contributed by atoms with Gasteiger partial charge in [-0.3, -0.25) is 4.79 Å². The Balaban J connectivity index is 1.54. The van der Waals surface area contributed by atoms with E-state index in [1.807, 2.05) is 61.5 Å². The van der Waals surface area contributed by atoms with E-state index in [4.69, 9.17) is 9.26 Å². The van der Waals surface area contributed by atoms with Crippen LogP contribution in [0.2, 0.25) is 0 Å². The lowest BCUT2D eigenvalue weighted by Crippen LogP contribution is -2.24. The van der Waals surface area contributed by atoms with Crippen LogP contribution in [0.15, 0.2) is 59.1 Å². The lowest BCUT2D eigenvalue weighted by molar-refractivity contribution is -0.117. The van der Waals surface area contributed by atoms with Crippen molar-refractivity contribution in [3.05, 3.63) is 60.5 Å². The molecule has 6 nitrogen and oxygen atoms in total. The minimum absolute atomic E-state index is 0.0688. The van der Waals surface area contributed by atoms with E-state index in [0.717, 1.165) is 17.0 Å². The lowest BCUT2D eigenvalue weighted by Gasteiger charge is -2.15. The number of anilines is 1. The molecule has 0 aliphatic carbocycles. The molecule has 0 N–H and O–H groups in total. The third-order valence-corrected chi connectivity index (χ3v) is 4.39. The predicted molar refractivity (Wildman–Crippen MR) is 97.1 cm³/mol. The van der Waals surface area contributed by atoms with Gasteiger partial charge in [-0.2, -0.15) is 4.98 Å². The van der Waals surface area contributed by atoms with Crippen molar-refractivity contribution in [1.82, 2.24) is 10.1 Å². The highest BCUT2D eigenvalue weighted by Gasteiger charge is 2.35. The van der Waals surface area contributed by atoms with Gasteiger partial charge in [-0.1, -0.05) is 35.5 Å². The van der Waals surface area contributed by atoms with Crippen LogP contribution in [0.3, 0.4) is 0 Å². The molecule has 2 aromatic carbocycles. The Hall–Kier alpha value is -3.15. The van der Waals surface area contributed by atoms with E-state index >= 15 is 0 Å². The maximum Gasteiger partial charge on any atom is 0.232 e. The number of hydrogen-bond acceptors (Lipinski definition) is 5. The zero-order chi connectivity index (χ0) is 17.9. The van der Waals surface area contributed by atoms with Gasteiger partial charge >= 0.3 is 0 Å². The number of aromatic nitrogens is 2. The summed E-state index contributed by atoms with van der Waals surface area (Å²) >= 11 is 0. The molecule has 0 radical (unpaired) electrons. The fraction of sp³-hybridized carbons (Fsp3) is 0.250. The zero-order valence-electron chi connectivity index (χ0n) is 14.5. The van der Waals surface area contributed by atoms with Gasteiger partial charge in [0, 0.05) is 24.2 Å². The average Bonchev–Trinajstić information content (AvgIpc) is 3.30. The number of ether oxygens (including phenoxy) is 1. The van der Waals surface area contributed by atoms with Gasteiger partial charge < -0.3 is 14.2 Å². The minimum Gasteiger partial charge on any atom is -0.494 e. The van der Waals surface area contributed by atoms with Crippen molar-refractivity contribution >= 4 is 11.6 Å². The standard InChI is InChI=1S/C20H19N3O3/c1-2-25-17-10-6-7-14(11-17)19-21-20(26-22-19)15-12-18(24)23(13-15)16-8-4-3-5-9-16/h3-11,15H,2,12-13H2,1H3. The lowest BCUT2D eigenvalue weighted by atomic mass is 10.1. The second-order valence-corrected chi connectivity index (χ2v) is 6.16. The molecule has 1 atom stereocenters. The largest absolute Gasteiger partial charge is 0.494 e. The summed E-state index contributed by atoms with van der Waals surface area (Å²) in [5, 5.41) is 4.08. The van der Waals surface area contributed by atoms with Crippen molar-refractivity contribution in [3.63, 3.8) is 0 Å². The van der Waals surface area contributed by atoms with Crippen LogP contribution in [0.1, 0.15) is 25.2 Å². The highest BCUT2D eigenvalue weighted by atomic mass is 16.5. The Bertz CT molecular complexity index is 907. The third kappa shape index (κ3) is 3.18. The molecular formula is C20H19N3O3. The van der Waals surface area contributed by atoms with Crippen LogP contribution in [-0.4, -0.2) is 29.2 Å². The summed E-state index contributed by atoms with van der Waals surface area (Å²) in [5.41, 5.74) is 1.72. The summed E-state index contributed by atoms with van der Waals surface area (Å²) in [7, 11) is 0. The van der Waals surface area contributed by atoms with Crippen molar-refractivity contribution in [2.24, 2.45) is 0 Å². The van der Waals surface area contributed by atoms with Crippen LogP contribution >= 0.6 is 0 Å². The Morgan fingerprint density at radius 2 is 2.04 bits per heavy atom. The van der Waals surface area contributed by atoms with Gasteiger partial charge in [0.15, 0.2) is 0 Å². The number of rotatable bonds is 5. The van der Waals surface area contributed by atoms with E-state index < -0.39 is 0 Å². The molecule has 2 heterocycles. The summed E-state index contributed by atoms with van der Waals surface area (Å²) in [4.78, 5) is 18.7. The molecule has 0 bridgehead atoms. The maximum atomic E-state index is 12.4. The molecule has 0 spiro atoms. The molecule has 1 amide bonds. The van der Waals surface area contributed by atoms with Crippen LogP contribution in [0.5, 0.6) is 5.75 Å². The van der Waals surface area contributed by atoms with Crippen LogP contribution in [-0.2, 0) is 4.79 Å². The summed E-state index contributed by atoms with van der Waals surface area (Å²) in [6, 6.07) is 17.2. The molecule has 1 aromatic heterocycles. The molecule has 1 fully saturated rings. The van der Waals surface area contributed by atoms with Crippen LogP contribution < -0.4 is 9.64 Å². The summed E-state index contributed by atoms with van der Waals surface area (Å²) in [6.07, 6.45) is 0.371. The first kappa shape index (κ1) is 16.3. The molecule has 4 rings (SSSR count). The zero-order valence-corrected chi connectivity index (χ0v) is 14.5. The molecule has 6 heteroatoms. The molecule has 1 saturated heterocycles. The van der Waals surface area contributed by atoms with Gasteiger partial charge in [0.2, 0.25) is 17.6 Å². The second kappa shape index (κ2) is 7.00. The first-order valence-electron chi connectivity index (χ1n) is 8.67. The van der Waals surface area contributed by atoms with Gasteiger partial charge in [-0.05, 0) is 31.2 Å². The molecule has 3 aromatic rings. The minimum atomic E-state index is -0.0981. The average molecular weight is 349 g/mol. The van der Waals surface area contributed by atoms with E-state index in [2.05, 4.69) is 10.1 Å². The molecule has 132 valence electrons. The Morgan fingerprint density at radius 3 is 2.85 bits per heavy atom. The highest BCUT2D eigenvalue weighted by molar-refractivity contribution is 5.96. The molecular weight excluding hydrogens is 330 g/mol. The van der Waals surface area contributed by atoms with Gasteiger partial charge in [0.05, 0.1) is 12.5 Å². The fourth-order valence-corrected chi connectivity index (χ4v) is 3.14. The van der Waals surface area contributed by atoms with Gasteiger partial charge in [-0.15, -0.1) is 0 Å². The van der Waals surface area contributed by atoms with Crippen molar-refractivity contribution in [2.75, 3.05) is 18.1 Å². The van der Waals surface area contributed by atoms with Crippen molar-refractivity contribution in [3.8, 4) is 17.1 Å². The summed E-state index contributed by atoms with van der Waals surface area (Å²) in [5.74, 6) is 1.74. The number of para-hydroxylation sites is 1. The smallest absolute Gasteiger partial charge is 0.232 e. The third-order valence-electron chi connectivity index (χ3n) is 4.39. The van der Waals surface area contributed by atoms with E-state index in [9.17, 15) is 4.79 Å². The molecule has 1 aliphatic heterocycles. The van der Waals surface area contributed by atoms with E-state index in [0.29, 0.717) is 31.3 Å². The van der Waals surface area contributed by atoms with Crippen LogP contribution in [0, 0.1) is 0 Å². The monoisotopic (exact) mass is 349 g/mol. The Labute approximate surface area is 151 Å². The normalized spacial score (nSPS) is 16.9. The van der Waals surface area contributed by atoms with Crippen LogP contribution in [0.4, 0.5) is 5.69 Å². The Morgan fingerprint density at radius 1 is 1.19 bits per heavy atom. The number of carbonyl (C=O) groups is 1.